The summed E-state index contributed by atoms with van der Waals surface area (Å²) in [6.07, 6.45) is 0. The molecule has 0 aromatic heterocycles. The number of carbonyl (C=O) groups excluding carboxylic acids is 1. The molecular formula is C15H13BrFNO. The fraction of sp³-hybridized carbons (Fsp3) is 0.133. The van der Waals surface area contributed by atoms with E-state index < -0.39 is 0 Å². The van der Waals surface area contributed by atoms with Gasteiger partial charge >= 0.3 is 0 Å². The molecule has 0 spiro atoms. The molecule has 0 aliphatic carbocycles. The lowest BCUT2D eigenvalue weighted by molar-refractivity contribution is 0.102. The van der Waals surface area contributed by atoms with E-state index in [1.165, 1.54) is 12.1 Å². The molecule has 0 unspecified atom stereocenters. The van der Waals surface area contributed by atoms with Crippen molar-refractivity contribution in [3.63, 3.8) is 0 Å². The predicted molar refractivity (Wildman–Crippen MR) is 78.0 cm³/mol. The standard InChI is InChI=1S/C15H13BrFNO/c1-9-3-4-14(16)13(7-9)15(19)18-12-6-10(2)5-11(17)8-12/h3-8H,1-2H3,(H,18,19). The molecule has 0 heterocycles. The van der Waals surface area contributed by atoms with Crippen LogP contribution in [0.15, 0.2) is 40.9 Å². The highest BCUT2D eigenvalue weighted by Gasteiger charge is 2.11. The Kier molecular flexibility index (Phi) is 4.00. The van der Waals surface area contributed by atoms with E-state index in [1.807, 2.05) is 19.1 Å². The van der Waals surface area contributed by atoms with Gasteiger partial charge in [0.15, 0.2) is 0 Å². The van der Waals surface area contributed by atoms with E-state index in [2.05, 4.69) is 21.2 Å². The molecule has 1 N–H and O–H groups in total. The summed E-state index contributed by atoms with van der Waals surface area (Å²) in [5.74, 6) is -0.626. The maximum absolute atomic E-state index is 13.3. The van der Waals surface area contributed by atoms with Crippen LogP contribution in [0.2, 0.25) is 0 Å². The van der Waals surface area contributed by atoms with Gasteiger partial charge in [-0.25, -0.2) is 4.39 Å². The molecule has 0 atom stereocenters. The highest BCUT2D eigenvalue weighted by atomic mass is 79.9. The minimum atomic E-state index is -0.362. The topological polar surface area (TPSA) is 29.1 Å². The number of nitrogens with one attached hydrogen (secondary N) is 1. The molecule has 0 aliphatic rings. The highest BCUT2D eigenvalue weighted by Crippen LogP contribution is 2.20. The number of anilines is 1. The van der Waals surface area contributed by atoms with Gasteiger partial charge in [0.2, 0.25) is 0 Å². The summed E-state index contributed by atoms with van der Waals surface area (Å²) in [5.41, 5.74) is 2.74. The van der Waals surface area contributed by atoms with Crippen LogP contribution in [0.3, 0.4) is 0 Å². The Morgan fingerprint density at radius 2 is 1.84 bits per heavy atom. The Morgan fingerprint density at radius 3 is 2.53 bits per heavy atom. The van der Waals surface area contributed by atoms with Gasteiger partial charge in [-0.3, -0.25) is 4.79 Å². The first kappa shape index (κ1) is 13.7. The second kappa shape index (κ2) is 5.53. The first-order chi connectivity index (χ1) is 8.95. The summed E-state index contributed by atoms with van der Waals surface area (Å²) in [5, 5.41) is 2.70. The monoisotopic (exact) mass is 321 g/mol. The van der Waals surface area contributed by atoms with Crippen molar-refractivity contribution in [2.24, 2.45) is 0 Å². The minimum absolute atomic E-state index is 0.263. The Bertz CT molecular complexity index is 620. The van der Waals surface area contributed by atoms with E-state index in [1.54, 1.807) is 19.1 Å². The third kappa shape index (κ3) is 3.41. The Balaban J connectivity index is 2.28. The van der Waals surface area contributed by atoms with Gasteiger partial charge in [-0.15, -0.1) is 0 Å². The smallest absolute Gasteiger partial charge is 0.256 e. The fourth-order valence-corrected chi connectivity index (χ4v) is 2.25. The van der Waals surface area contributed by atoms with Crippen molar-refractivity contribution >= 4 is 27.5 Å². The van der Waals surface area contributed by atoms with Crippen LogP contribution in [0.25, 0.3) is 0 Å². The molecule has 0 saturated carbocycles. The van der Waals surface area contributed by atoms with E-state index >= 15 is 0 Å². The van der Waals surface area contributed by atoms with Crippen LogP contribution in [0.5, 0.6) is 0 Å². The van der Waals surface area contributed by atoms with Crippen molar-refractivity contribution in [2.45, 2.75) is 13.8 Å². The normalized spacial score (nSPS) is 10.3. The summed E-state index contributed by atoms with van der Waals surface area (Å²) in [4.78, 5) is 12.1. The fourth-order valence-electron chi connectivity index (χ4n) is 1.82. The number of aryl methyl sites for hydroxylation is 2. The first-order valence-electron chi connectivity index (χ1n) is 5.80. The Hall–Kier alpha value is -1.68. The zero-order chi connectivity index (χ0) is 14.0. The van der Waals surface area contributed by atoms with Gasteiger partial charge in [0, 0.05) is 10.2 Å². The van der Waals surface area contributed by atoms with Gasteiger partial charge in [-0.1, -0.05) is 11.6 Å². The molecule has 4 heteroatoms. The SMILES string of the molecule is Cc1cc(F)cc(NC(=O)c2cc(C)ccc2Br)c1. The molecule has 0 aliphatic heterocycles. The molecular weight excluding hydrogens is 309 g/mol. The van der Waals surface area contributed by atoms with Crippen LogP contribution >= 0.6 is 15.9 Å². The molecule has 19 heavy (non-hydrogen) atoms. The summed E-state index contributed by atoms with van der Waals surface area (Å²) < 4.78 is 14.0. The van der Waals surface area contributed by atoms with E-state index in [9.17, 15) is 9.18 Å². The molecule has 0 fully saturated rings. The largest absolute Gasteiger partial charge is 0.322 e. The summed E-state index contributed by atoms with van der Waals surface area (Å²) in [7, 11) is 0. The first-order valence-corrected chi connectivity index (χ1v) is 6.60. The van der Waals surface area contributed by atoms with Crippen LogP contribution < -0.4 is 5.32 Å². The molecule has 0 bridgehead atoms. The lowest BCUT2D eigenvalue weighted by Crippen LogP contribution is -2.13. The third-order valence-corrected chi connectivity index (χ3v) is 3.36. The Labute approximate surface area is 119 Å². The maximum Gasteiger partial charge on any atom is 0.256 e. The van der Waals surface area contributed by atoms with Crippen LogP contribution in [-0.4, -0.2) is 5.91 Å². The van der Waals surface area contributed by atoms with Crippen LogP contribution in [0, 0.1) is 19.7 Å². The van der Waals surface area contributed by atoms with Crippen LogP contribution in [-0.2, 0) is 0 Å². The second-order valence-electron chi connectivity index (χ2n) is 4.45. The second-order valence-corrected chi connectivity index (χ2v) is 5.31. The highest BCUT2D eigenvalue weighted by molar-refractivity contribution is 9.10. The Morgan fingerprint density at radius 1 is 1.11 bits per heavy atom. The van der Waals surface area contributed by atoms with Crippen molar-refractivity contribution in [1.82, 2.24) is 0 Å². The number of benzene rings is 2. The average Bonchev–Trinajstić information content (AvgIpc) is 2.30. The number of hydrogen-bond acceptors (Lipinski definition) is 1. The quantitative estimate of drug-likeness (QED) is 0.869. The average molecular weight is 322 g/mol. The molecule has 0 saturated heterocycles. The molecule has 1 amide bonds. The van der Waals surface area contributed by atoms with Crippen molar-refractivity contribution in [1.29, 1.82) is 0 Å². The van der Waals surface area contributed by atoms with Gasteiger partial charge in [0.25, 0.3) is 5.91 Å². The molecule has 0 radical (unpaired) electrons. The summed E-state index contributed by atoms with van der Waals surface area (Å²) in [6.45, 7) is 3.69. The van der Waals surface area contributed by atoms with Crippen molar-refractivity contribution in [3.8, 4) is 0 Å². The number of carbonyl (C=O) groups is 1. The van der Waals surface area contributed by atoms with Crippen molar-refractivity contribution in [2.75, 3.05) is 5.32 Å². The number of rotatable bonds is 2. The van der Waals surface area contributed by atoms with Gasteiger partial charge in [-0.2, -0.15) is 0 Å². The van der Waals surface area contributed by atoms with Crippen molar-refractivity contribution < 1.29 is 9.18 Å². The molecule has 2 nitrogen and oxygen atoms in total. The molecule has 2 rings (SSSR count). The lowest BCUT2D eigenvalue weighted by Gasteiger charge is -2.08. The minimum Gasteiger partial charge on any atom is -0.322 e. The van der Waals surface area contributed by atoms with E-state index in [-0.39, 0.29) is 11.7 Å². The van der Waals surface area contributed by atoms with Crippen LogP contribution in [0.1, 0.15) is 21.5 Å². The zero-order valence-corrected chi connectivity index (χ0v) is 12.2. The van der Waals surface area contributed by atoms with E-state index in [0.717, 1.165) is 11.1 Å². The summed E-state index contributed by atoms with van der Waals surface area (Å²) >= 11 is 3.34. The lowest BCUT2D eigenvalue weighted by atomic mass is 10.1. The van der Waals surface area contributed by atoms with Gasteiger partial charge < -0.3 is 5.32 Å². The molecule has 2 aromatic rings. The molecule has 98 valence electrons. The van der Waals surface area contributed by atoms with Gasteiger partial charge in [0.05, 0.1) is 5.56 Å². The van der Waals surface area contributed by atoms with Gasteiger partial charge in [-0.05, 0) is 65.7 Å². The van der Waals surface area contributed by atoms with Crippen molar-refractivity contribution in [3.05, 3.63) is 63.4 Å². The van der Waals surface area contributed by atoms with Crippen LogP contribution in [0.4, 0.5) is 10.1 Å². The number of amides is 1. The third-order valence-electron chi connectivity index (χ3n) is 2.67. The molecule has 2 aromatic carbocycles. The summed E-state index contributed by atoms with van der Waals surface area (Å²) in [6, 6.07) is 9.96. The van der Waals surface area contributed by atoms with Gasteiger partial charge in [0.1, 0.15) is 5.82 Å². The predicted octanol–water partition coefficient (Wildman–Crippen LogP) is 4.46. The van der Waals surface area contributed by atoms with E-state index in [0.29, 0.717) is 15.7 Å². The number of halogens is 2. The number of hydrogen-bond donors (Lipinski definition) is 1. The van der Waals surface area contributed by atoms with E-state index in [4.69, 9.17) is 0 Å². The maximum atomic E-state index is 13.3. The zero-order valence-electron chi connectivity index (χ0n) is 10.6.